The van der Waals surface area contributed by atoms with Gasteiger partial charge in [0.2, 0.25) is 0 Å². The van der Waals surface area contributed by atoms with E-state index in [1.54, 1.807) is 30.8 Å². The van der Waals surface area contributed by atoms with Crippen LogP contribution in [0.15, 0.2) is 5.16 Å². The number of ketones is 4. The normalized spacial score (nSPS) is 33.6. The molecule has 7 saturated heterocycles. The SMILES string of the molecule is C.CCC(=O)C1[C@H]2CN(C(=O)C(F)(F)F)C[C@@H]12.CCC(=O)C1[C@H]2CN(C(=O)OC(C)(C)C)C[C@@H]12.CCOC(=O)N1CCC2(CC(=O)C2)C1.CCOC(=O)N1CCC2(CC(N3C[C@@H]4C(C(=O)CC)[C@@H]4C3)C2)C1.CCOC(=O)N1CCC2(CC(N3C[C@@H]4C(C(CC)=NOC)[C@@H]4C3)C2)C1.CON.Cl. The molecule has 0 aromatic rings. The van der Waals surface area contributed by atoms with Gasteiger partial charge >= 0.3 is 36.5 Å². The van der Waals surface area contributed by atoms with Crippen LogP contribution in [-0.4, -0.2) is 243 Å². The maximum atomic E-state index is 12.1. The van der Waals surface area contributed by atoms with E-state index in [0.717, 1.165) is 94.3 Å². The molecule has 0 bridgehead atoms. The zero-order valence-electron chi connectivity index (χ0n) is 60.6. The smallest absolute Gasteiger partial charge is 0.450 e. The highest BCUT2D eigenvalue weighted by Crippen LogP contribution is 2.60. The Balaban J connectivity index is 0.000000176. The first-order valence-corrected chi connectivity index (χ1v) is 36.4. The Bertz CT molecular complexity index is 2890. The van der Waals surface area contributed by atoms with E-state index in [2.05, 4.69) is 32.6 Å². The van der Waals surface area contributed by atoms with Crippen LogP contribution in [0.5, 0.6) is 0 Å². The van der Waals surface area contributed by atoms with Gasteiger partial charge in [-0.2, -0.15) is 13.2 Å². The van der Waals surface area contributed by atoms with Crippen LogP contribution in [0.2, 0.25) is 0 Å². The molecule has 3 spiro atoms. The summed E-state index contributed by atoms with van der Waals surface area (Å²) >= 11 is 0. The Hall–Kier alpha value is -5.38. The number of hydrogen-bond donors (Lipinski definition) is 1. The second-order valence-electron chi connectivity index (χ2n) is 31.4. The van der Waals surface area contributed by atoms with E-state index in [0.29, 0.717) is 141 Å². The van der Waals surface area contributed by atoms with Gasteiger partial charge in [-0.25, -0.2) is 25.1 Å². The number of rotatable bonds is 14. The van der Waals surface area contributed by atoms with Crippen molar-refractivity contribution in [1.82, 2.24) is 34.3 Å². The molecule has 28 heteroatoms. The number of ether oxygens (including phenoxy) is 4. The average molecular weight is 1440 g/mol. The number of nitrogens with zero attached hydrogens (tertiary/aromatic N) is 8. The number of carbonyl (C=O) groups is 9. The van der Waals surface area contributed by atoms with Gasteiger partial charge in [-0.3, -0.25) is 33.8 Å². The largest absolute Gasteiger partial charge is 0.471 e. The number of piperidine rings is 4. The van der Waals surface area contributed by atoms with Crippen molar-refractivity contribution in [2.24, 2.45) is 98.3 Å². The molecule has 100 heavy (non-hydrogen) atoms. The fraction of sp³-hybridized carbons (Fsp3) is 0.861. The van der Waals surface area contributed by atoms with Gasteiger partial charge in [0.05, 0.1) is 32.6 Å². The summed E-state index contributed by atoms with van der Waals surface area (Å²) in [6, 6.07) is 1.40. The van der Waals surface area contributed by atoms with Crippen LogP contribution < -0.4 is 5.90 Å². The number of amides is 5. The minimum atomic E-state index is -4.79. The number of oxime groups is 1. The van der Waals surface area contributed by atoms with Crippen LogP contribution in [0.4, 0.5) is 32.3 Å². The molecule has 7 aliphatic heterocycles. The molecular weight excluding hydrogens is 1320 g/mol. The van der Waals surface area contributed by atoms with Crippen LogP contribution in [0.3, 0.4) is 0 Å². The molecule has 7 saturated carbocycles. The first-order chi connectivity index (χ1) is 46.4. The molecule has 0 aromatic carbocycles. The number of carbonyl (C=O) groups excluding carboxylic acids is 9. The highest BCUT2D eigenvalue weighted by molar-refractivity contribution is 5.90. The van der Waals surface area contributed by atoms with Crippen LogP contribution >= 0.6 is 12.4 Å². The minimum Gasteiger partial charge on any atom is -0.450 e. The van der Waals surface area contributed by atoms with Crippen molar-refractivity contribution >= 4 is 71.5 Å². The molecule has 14 aliphatic rings. The summed E-state index contributed by atoms with van der Waals surface area (Å²) < 4.78 is 56.8. The number of Topliss-reactive ketones (excluding diaryl/α,β-unsaturated/α-hetero) is 4. The fourth-order valence-electron chi connectivity index (χ4n) is 18.8. The molecule has 24 nitrogen and oxygen atoms in total. The number of halogens is 4. The average Bonchev–Trinajstić information content (AvgIpc) is 1.54. The molecule has 2 N–H and O–H groups in total. The Morgan fingerprint density at radius 3 is 1.11 bits per heavy atom. The summed E-state index contributed by atoms with van der Waals surface area (Å²) in [5.74, 6) is 8.65. The molecule has 14 fully saturated rings. The van der Waals surface area contributed by atoms with Gasteiger partial charge < -0.3 is 53.1 Å². The van der Waals surface area contributed by atoms with Crippen molar-refractivity contribution in [3.05, 3.63) is 0 Å². The first kappa shape index (κ1) is 81.9. The molecule has 12 atom stereocenters. The van der Waals surface area contributed by atoms with E-state index in [-0.39, 0.29) is 92.2 Å². The van der Waals surface area contributed by atoms with Crippen molar-refractivity contribution in [1.29, 1.82) is 0 Å². The highest BCUT2D eigenvalue weighted by atomic mass is 35.5. The van der Waals surface area contributed by atoms with Crippen LogP contribution in [0.25, 0.3) is 0 Å². The van der Waals surface area contributed by atoms with E-state index in [1.807, 2.05) is 58.3 Å². The van der Waals surface area contributed by atoms with Crippen molar-refractivity contribution in [3.8, 4) is 0 Å². The maximum absolute atomic E-state index is 12.1. The summed E-state index contributed by atoms with van der Waals surface area (Å²) in [7, 11) is 3.05. The quantitative estimate of drug-likeness (QED) is 0.0962. The third kappa shape index (κ3) is 18.6. The topological polar surface area (TPSA) is 270 Å². The summed E-state index contributed by atoms with van der Waals surface area (Å²) in [4.78, 5) is 126. The molecule has 0 aromatic heterocycles. The standard InChI is InChI=1S/C19H31N3O3.C18H28N2O3.C13H21NO3.C10H12F3NO2.C10H15NO3.CH5NO.CH4.ClH/c1-4-16(20-24-3)17-14-10-22(11-15(14)17)13-8-19(9-13)6-7-21(12-19)18(23)25-5-2;1-3-15(21)16-13-9-20(10-14(13)16)12-7-18(8-12)5-6-19(11-18)17(22)23-4-2;1-5-10(15)11-8-6-14(7-9(8)11)12(16)17-13(2,3)4;1-2-7(15)8-5-3-14(4-6(5)8)9(16)10(11,12)13;1-2-14-9(13)11-4-3-10(7-11)5-8(12)6-10;1-3-2;;/h13-15,17H,4-12H2,1-3H3;12-14,16H,3-11H2,1-2H3;8-9,11H,5-7H2,1-4H3;5-6,8H,2-4H2,1H3;2-7H2,1H3;2H2,1H3;1H4;1H/t13?,14-,15+,17?,19?;12?,13-,14+,16?,18?;8-,9+,11?;5-,6+,8?;;;;. The van der Waals surface area contributed by atoms with Gasteiger partial charge in [-0.1, -0.05) is 40.3 Å². The summed E-state index contributed by atoms with van der Waals surface area (Å²) in [6.45, 7) is 31.5. The van der Waals surface area contributed by atoms with E-state index in [9.17, 15) is 56.3 Å². The molecular formula is C72H117ClF3N9O15. The highest BCUT2D eigenvalue weighted by Gasteiger charge is 2.65. The Kier molecular flexibility index (Phi) is 27.5. The lowest BCUT2D eigenvalue weighted by Gasteiger charge is -2.49. The summed E-state index contributed by atoms with van der Waals surface area (Å²) in [5, 5.41) is 4.24. The molecule has 7 aliphatic carbocycles. The third-order valence-corrected chi connectivity index (χ3v) is 23.9. The minimum absolute atomic E-state index is 0. The zero-order valence-corrected chi connectivity index (χ0v) is 61.4. The van der Waals surface area contributed by atoms with Gasteiger partial charge in [-0.05, 0) is 151 Å². The summed E-state index contributed by atoms with van der Waals surface area (Å²) in [5.41, 5.74) is 1.65. The molecule has 4 unspecified atom stereocenters. The maximum Gasteiger partial charge on any atom is 0.471 e. The van der Waals surface area contributed by atoms with E-state index >= 15 is 0 Å². The second kappa shape index (κ2) is 33.6. The van der Waals surface area contributed by atoms with E-state index < -0.39 is 17.7 Å². The first-order valence-electron chi connectivity index (χ1n) is 36.4. The lowest BCUT2D eigenvalue weighted by Crippen LogP contribution is -2.52. The predicted molar refractivity (Wildman–Crippen MR) is 368 cm³/mol. The Morgan fingerprint density at radius 2 is 0.810 bits per heavy atom. The Morgan fingerprint density at radius 1 is 0.490 bits per heavy atom. The van der Waals surface area contributed by atoms with Crippen molar-refractivity contribution < 1.29 is 84.9 Å². The van der Waals surface area contributed by atoms with Crippen LogP contribution in [0.1, 0.15) is 160 Å². The second-order valence-corrected chi connectivity index (χ2v) is 31.4. The Labute approximate surface area is 596 Å². The van der Waals surface area contributed by atoms with Crippen LogP contribution in [0, 0.1) is 87.3 Å². The van der Waals surface area contributed by atoms with E-state index in [4.69, 9.17) is 23.8 Å². The molecule has 5 amide bonds. The van der Waals surface area contributed by atoms with Gasteiger partial charge in [0, 0.05) is 165 Å². The predicted octanol–water partition coefficient (Wildman–Crippen LogP) is 9.81. The lowest BCUT2D eigenvalue weighted by molar-refractivity contribution is -0.185. The molecule has 568 valence electrons. The van der Waals surface area contributed by atoms with Gasteiger partial charge in [0.25, 0.3) is 0 Å². The van der Waals surface area contributed by atoms with Crippen molar-refractivity contribution in [3.63, 3.8) is 0 Å². The third-order valence-electron chi connectivity index (χ3n) is 23.9. The fourth-order valence-corrected chi connectivity index (χ4v) is 18.8. The number of nitrogens with two attached hydrogens (primary N) is 1. The zero-order chi connectivity index (χ0) is 71.6. The van der Waals surface area contributed by atoms with E-state index in [1.165, 1.54) is 51.6 Å². The van der Waals surface area contributed by atoms with Gasteiger partial charge in [0.1, 0.15) is 35.8 Å². The molecule has 7 heterocycles. The van der Waals surface area contributed by atoms with Crippen molar-refractivity contribution in [2.75, 3.05) is 126 Å². The number of fused-ring (bicyclic) bond motifs is 4. The monoisotopic (exact) mass is 1440 g/mol. The van der Waals surface area contributed by atoms with Crippen molar-refractivity contribution in [2.45, 2.75) is 184 Å². The number of alkyl halides is 3. The van der Waals surface area contributed by atoms with Crippen LogP contribution in [-0.2, 0) is 52.6 Å². The lowest BCUT2D eigenvalue weighted by atomic mass is 9.64. The van der Waals surface area contributed by atoms with Gasteiger partial charge in [0.15, 0.2) is 0 Å². The molecule has 0 radical (unpaired) electrons. The summed E-state index contributed by atoms with van der Waals surface area (Å²) in [6.07, 6.45) is 6.68. The molecule has 14 rings (SSSR count). The number of hydrogen-bond acceptors (Lipinski definition) is 19. The number of likely N-dealkylation sites (tertiary alicyclic amines) is 7. The van der Waals surface area contributed by atoms with Gasteiger partial charge in [-0.15, -0.1) is 12.4 Å².